The topological polar surface area (TPSA) is 55.1 Å². The molecule has 0 aliphatic carbocycles. The molecule has 0 spiro atoms. The van der Waals surface area contributed by atoms with Crippen molar-refractivity contribution >= 4 is 23.0 Å². The second-order valence-electron chi connectivity index (χ2n) is 5.81. The lowest BCUT2D eigenvalue weighted by Gasteiger charge is -2.08. The fraction of sp³-hybridized carbons (Fsp3) is 0.235. The maximum Gasteiger partial charge on any atom is 0.250 e. The number of aromatic nitrogens is 3. The molecular weight excluding hydrogens is 306 g/mol. The lowest BCUT2D eigenvalue weighted by atomic mass is 9.99. The first-order chi connectivity index (χ1) is 11.1. The predicted molar refractivity (Wildman–Crippen MR) is 93.9 cm³/mol. The van der Waals surface area contributed by atoms with Crippen molar-refractivity contribution in [1.82, 2.24) is 14.8 Å². The highest BCUT2D eigenvalue weighted by Crippen LogP contribution is 2.36. The highest BCUT2D eigenvalue weighted by Gasteiger charge is 2.26. The Labute approximate surface area is 138 Å². The molecule has 1 aliphatic rings. The summed E-state index contributed by atoms with van der Waals surface area (Å²) in [6.07, 6.45) is 0. The molecular formula is C17H17N5S. The van der Waals surface area contributed by atoms with E-state index in [2.05, 4.69) is 65.8 Å². The molecule has 116 valence electrons. The molecule has 0 radical (unpaired) electrons. The third-order valence-corrected chi connectivity index (χ3v) is 5.42. The van der Waals surface area contributed by atoms with E-state index in [0.29, 0.717) is 5.95 Å². The van der Waals surface area contributed by atoms with Crippen LogP contribution in [0.5, 0.6) is 0 Å². The van der Waals surface area contributed by atoms with Crippen molar-refractivity contribution in [2.75, 3.05) is 5.43 Å². The molecule has 0 fully saturated rings. The maximum atomic E-state index is 4.64. The molecule has 23 heavy (non-hydrogen) atoms. The minimum Gasteiger partial charge on any atom is -0.254 e. The first-order valence-electron chi connectivity index (χ1n) is 7.49. The Morgan fingerprint density at radius 1 is 1.00 bits per heavy atom. The van der Waals surface area contributed by atoms with E-state index < -0.39 is 0 Å². The van der Waals surface area contributed by atoms with Gasteiger partial charge in [-0.2, -0.15) is 5.10 Å². The lowest BCUT2D eigenvalue weighted by molar-refractivity contribution is 0.984. The standard InChI is InChI=1S/C17H17N5S/c1-9-5-7-13(8-6-9)15-14-10(2)11(3)23-16(14)22-12(4)18-20-17(22)21-19-15/h5-8H,1-4H3,(H,20,21). The van der Waals surface area contributed by atoms with Crippen molar-refractivity contribution in [3.05, 3.63) is 57.2 Å². The number of rotatable bonds is 1. The van der Waals surface area contributed by atoms with Gasteiger partial charge in [0.05, 0.1) is 0 Å². The van der Waals surface area contributed by atoms with E-state index in [-0.39, 0.29) is 0 Å². The van der Waals surface area contributed by atoms with Gasteiger partial charge in [-0.15, -0.1) is 21.5 Å². The summed E-state index contributed by atoms with van der Waals surface area (Å²) in [6, 6.07) is 8.46. The van der Waals surface area contributed by atoms with E-state index in [1.165, 1.54) is 16.0 Å². The summed E-state index contributed by atoms with van der Waals surface area (Å²) in [7, 11) is 0. The number of benzene rings is 1. The molecule has 3 aromatic rings. The second-order valence-corrected chi connectivity index (χ2v) is 7.01. The molecule has 0 saturated carbocycles. The molecule has 3 heterocycles. The summed E-state index contributed by atoms with van der Waals surface area (Å²) >= 11 is 1.76. The average molecular weight is 323 g/mol. The molecule has 2 aromatic heterocycles. The summed E-state index contributed by atoms with van der Waals surface area (Å²) in [5, 5.41) is 14.1. The van der Waals surface area contributed by atoms with E-state index in [1.54, 1.807) is 11.3 Å². The second kappa shape index (κ2) is 5.03. The zero-order valence-corrected chi connectivity index (χ0v) is 14.3. The van der Waals surface area contributed by atoms with Crippen molar-refractivity contribution in [3.8, 4) is 5.00 Å². The monoisotopic (exact) mass is 323 g/mol. The number of thiophene rings is 1. The van der Waals surface area contributed by atoms with E-state index >= 15 is 0 Å². The Kier molecular flexibility index (Phi) is 3.09. The largest absolute Gasteiger partial charge is 0.254 e. The van der Waals surface area contributed by atoms with Gasteiger partial charge in [-0.05, 0) is 33.3 Å². The fourth-order valence-corrected chi connectivity index (χ4v) is 4.01. The van der Waals surface area contributed by atoms with Gasteiger partial charge in [-0.1, -0.05) is 29.8 Å². The molecule has 5 nitrogen and oxygen atoms in total. The Balaban J connectivity index is 2.00. The van der Waals surface area contributed by atoms with Crippen LogP contribution in [0.3, 0.4) is 0 Å². The quantitative estimate of drug-likeness (QED) is 0.742. The van der Waals surface area contributed by atoms with Gasteiger partial charge in [0.25, 0.3) is 0 Å². The summed E-state index contributed by atoms with van der Waals surface area (Å²) in [4.78, 5) is 1.29. The van der Waals surface area contributed by atoms with Crippen LogP contribution in [0, 0.1) is 27.7 Å². The van der Waals surface area contributed by atoms with Gasteiger partial charge in [0.2, 0.25) is 5.95 Å². The summed E-state index contributed by atoms with van der Waals surface area (Å²) < 4.78 is 2.05. The predicted octanol–water partition coefficient (Wildman–Crippen LogP) is 3.74. The molecule has 0 amide bonds. The van der Waals surface area contributed by atoms with E-state index in [0.717, 1.165) is 27.7 Å². The van der Waals surface area contributed by atoms with E-state index in [1.807, 2.05) is 11.5 Å². The molecule has 1 aromatic carbocycles. The maximum absolute atomic E-state index is 4.64. The van der Waals surface area contributed by atoms with Crippen LogP contribution in [-0.4, -0.2) is 20.5 Å². The summed E-state index contributed by atoms with van der Waals surface area (Å²) in [5.74, 6) is 1.52. The highest BCUT2D eigenvalue weighted by atomic mass is 32.1. The Bertz CT molecular complexity index is 931. The van der Waals surface area contributed by atoms with Crippen LogP contribution in [0.15, 0.2) is 29.4 Å². The smallest absolute Gasteiger partial charge is 0.250 e. The average Bonchev–Trinajstić information content (AvgIpc) is 2.97. The van der Waals surface area contributed by atoms with Gasteiger partial charge < -0.3 is 0 Å². The molecule has 0 saturated heterocycles. The first kappa shape index (κ1) is 14.1. The number of aryl methyl sites for hydroxylation is 3. The normalized spacial score (nSPS) is 13.0. The van der Waals surface area contributed by atoms with Crippen LogP contribution < -0.4 is 5.43 Å². The van der Waals surface area contributed by atoms with Crippen molar-refractivity contribution < 1.29 is 0 Å². The number of anilines is 1. The highest BCUT2D eigenvalue weighted by molar-refractivity contribution is 7.15. The molecule has 4 rings (SSSR count). The third kappa shape index (κ3) is 2.09. The number of nitrogens with zero attached hydrogens (tertiary/aromatic N) is 4. The minimum atomic E-state index is 0.659. The van der Waals surface area contributed by atoms with Crippen LogP contribution >= 0.6 is 11.3 Å². The molecule has 1 N–H and O–H groups in total. The van der Waals surface area contributed by atoms with E-state index in [4.69, 9.17) is 0 Å². The van der Waals surface area contributed by atoms with Crippen LogP contribution in [0.4, 0.5) is 5.95 Å². The van der Waals surface area contributed by atoms with E-state index in [9.17, 15) is 0 Å². The number of hydrazone groups is 1. The third-order valence-electron chi connectivity index (χ3n) is 4.22. The lowest BCUT2D eigenvalue weighted by Crippen LogP contribution is -2.07. The molecule has 0 atom stereocenters. The van der Waals surface area contributed by atoms with Crippen molar-refractivity contribution in [2.24, 2.45) is 5.10 Å². The SMILES string of the molecule is Cc1ccc(C2=NNc3nnc(C)n3-c3sc(C)c(C)c32)cc1. The number of hydrogen-bond donors (Lipinski definition) is 1. The molecule has 0 unspecified atom stereocenters. The first-order valence-corrected chi connectivity index (χ1v) is 8.31. The van der Waals surface area contributed by atoms with Gasteiger partial charge in [-0.3, -0.25) is 4.57 Å². The van der Waals surface area contributed by atoms with Crippen LogP contribution in [0.1, 0.15) is 33.0 Å². The van der Waals surface area contributed by atoms with Crippen LogP contribution in [0.25, 0.3) is 5.00 Å². The van der Waals surface area contributed by atoms with Gasteiger partial charge >= 0.3 is 0 Å². The van der Waals surface area contributed by atoms with Gasteiger partial charge in [0.15, 0.2) is 0 Å². The Morgan fingerprint density at radius 3 is 2.48 bits per heavy atom. The molecule has 1 aliphatic heterocycles. The summed E-state index contributed by atoms with van der Waals surface area (Å²) in [5.41, 5.74) is 8.77. The Hall–Kier alpha value is -2.47. The zero-order chi connectivity index (χ0) is 16.1. The van der Waals surface area contributed by atoms with Crippen LogP contribution in [0.2, 0.25) is 0 Å². The van der Waals surface area contributed by atoms with Gasteiger partial charge in [-0.25, -0.2) is 5.43 Å². The number of hydrogen-bond acceptors (Lipinski definition) is 5. The van der Waals surface area contributed by atoms with Gasteiger partial charge in [0, 0.05) is 16.0 Å². The summed E-state index contributed by atoms with van der Waals surface area (Å²) in [6.45, 7) is 8.35. The van der Waals surface area contributed by atoms with Crippen molar-refractivity contribution in [1.29, 1.82) is 0 Å². The van der Waals surface area contributed by atoms with Gasteiger partial charge in [0.1, 0.15) is 16.5 Å². The molecule has 6 heteroatoms. The zero-order valence-electron chi connectivity index (χ0n) is 13.5. The van der Waals surface area contributed by atoms with Crippen molar-refractivity contribution in [2.45, 2.75) is 27.7 Å². The Morgan fingerprint density at radius 2 is 1.74 bits per heavy atom. The van der Waals surface area contributed by atoms with Crippen molar-refractivity contribution in [3.63, 3.8) is 0 Å². The number of fused-ring (bicyclic) bond motifs is 3. The fourth-order valence-electron chi connectivity index (χ4n) is 2.81. The molecule has 0 bridgehead atoms. The van der Waals surface area contributed by atoms with Crippen LogP contribution in [-0.2, 0) is 0 Å². The number of nitrogens with one attached hydrogen (secondary N) is 1. The minimum absolute atomic E-state index is 0.659.